The van der Waals surface area contributed by atoms with Gasteiger partial charge in [-0.3, -0.25) is 0 Å². The first-order chi connectivity index (χ1) is 9.52. The Labute approximate surface area is 125 Å². The van der Waals surface area contributed by atoms with Crippen LogP contribution in [-0.2, 0) is 10.0 Å². The number of hydrogen-bond acceptors (Lipinski definition) is 2. The van der Waals surface area contributed by atoms with Crippen LogP contribution >= 0.6 is 0 Å². The molecule has 1 aliphatic rings. The average Bonchev–Trinajstić information content (AvgIpc) is 2.69. The second-order valence-corrected chi connectivity index (χ2v) is 9.24. The molecule has 0 N–H and O–H groups in total. The Morgan fingerprint density at radius 2 is 1.86 bits per heavy atom. The number of halogens is 2. The minimum Gasteiger partial charge on any atom is -0.246 e. The topological polar surface area (TPSA) is 37.4 Å². The van der Waals surface area contributed by atoms with Gasteiger partial charge < -0.3 is 0 Å². The summed E-state index contributed by atoms with van der Waals surface area (Å²) in [5.41, 5.74) is 1.21. The second kappa shape index (κ2) is 5.32. The van der Waals surface area contributed by atoms with Crippen LogP contribution in [0.5, 0.6) is 0 Å². The molecule has 0 aromatic heterocycles. The lowest BCUT2D eigenvalue weighted by Crippen LogP contribution is -2.43. The molecular weight excluding hydrogens is 296 g/mol. The number of hydrogen-bond donors (Lipinski definition) is 0. The molecule has 0 bridgehead atoms. The standard InChI is InChI=1S/C15H21F2NO2S/c1-10-5-11(7-12(16)6-10)14-8-13(17)9-18(14)21(19,20)15(2,3)4/h5-7,13-14H,8-9H2,1-4H3/t13-,14+/m0/s1. The monoisotopic (exact) mass is 317 g/mol. The van der Waals surface area contributed by atoms with Gasteiger partial charge in [-0.2, -0.15) is 4.31 Å². The van der Waals surface area contributed by atoms with Gasteiger partial charge in [-0.05, 0) is 51.0 Å². The van der Waals surface area contributed by atoms with Crippen molar-refractivity contribution in [3.05, 3.63) is 35.1 Å². The molecule has 0 spiro atoms. The van der Waals surface area contributed by atoms with E-state index in [0.717, 1.165) is 0 Å². The van der Waals surface area contributed by atoms with Crippen molar-refractivity contribution < 1.29 is 17.2 Å². The highest BCUT2D eigenvalue weighted by atomic mass is 32.2. The number of nitrogens with zero attached hydrogens (tertiary/aromatic N) is 1. The van der Waals surface area contributed by atoms with Crippen molar-refractivity contribution in [1.82, 2.24) is 4.31 Å². The van der Waals surface area contributed by atoms with Crippen LogP contribution in [0.3, 0.4) is 0 Å². The van der Waals surface area contributed by atoms with E-state index in [-0.39, 0.29) is 13.0 Å². The minimum atomic E-state index is -3.66. The SMILES string of the molecule is Cc1cc(F)cc([C@H]2C[C@H](F)CN2S(=O)(=O)C(C)(C)C)c1. The van der Waals surface area contributed by atoms with E-state index in [0.29, 0.717) is 11.1 Å². The molecule has 1 saturated heterocycles. The molecule has 1 aromatic carbocycles. The maximum Gasteiger partial charge on any atom is 0.219 e. The molecule has 3 nitrogen and oxygen atoms in total. The second-order valence-electron chi connectivity index (χ2n) is 6.60. The summed E-state index contributed by atoms with van der Waals surface area (Å²) in [6.07, 6.45) is -1.16. The molecule has 0 unspecified atom stereocenters. The summed E-state index contributed by atoms with van der Waals surface area (Å²) in [6, 6.07) is 3.74. The van der Waals surface area contributed by atoms with Crippen molar-refractivity contribution in [1.29, 1.82) is 0 Å². The van der Waals surface area contributed by atoms with Crippen LogP contribution in [0.2, 0.25) is 0 Å². The van der Waals surface area contributed by atoms with E-state index >= 15 is 0 Å². The lowest BCUT2D eigenvalue weighted by Gasteiger charge is -2.31. The van der Waals surface area contributed by atoms with Gasteiger partial charge in [0.25, 0.3) is 0 Å². The Kier molecular flexibility index (Phi) is 4.14. The molecule has 1 fully saturated rings. The minimum absolute atomic E-state index is 0.0677. The summed E-state index contributed by atoms with van der Waals surface area (Å²) in [6.45, 7) is 6.32. The fraction of sp³-hybridized carbons (Fsp3) is 0.600. The van der Waals surface area contributed by atoms with E-state index in [1.165, 1.54) is 16.4 Å². The predicted octanol–water partition coefficient (Wildman–Crippen LogP) is 3.35. The summed E-state index contributed by atoms with van der Waals surface area (Å²) in [7, 11) is -3.66. The summed E-state index contributed by atoms with van der Waals surface area (Å²) in [5.74, 6) is -0.430. The van der Waals surface area contributed by atoms with Crippen LogP contribution in [0.4, 0.5) is 8.78 Å². The number of rotatable bonds is 2. The van der Waals surface area contributed by atoms with Gasteiger partial charge in [-0.25, -0.2) is 17.2 Å². The van der Waals surface area contributed by atoms with E-state index < -0.39 is 32.8 Å². The normalized spacial score (nSPS) is 24.5. The summed E-state index contributed by atoms with van der Waals surface area (Å²) < 4.78 is 52.8. The van der Waals surface area contributed by atoms with Gasteiger partial charge in [-0.15, -0.1) is 0 Å². The first-order valence-corrected chi connectivity index (χ1v) is 8.39. The Morgan fingerprint density at radius 1 is 1.24 bits per heavy atom. The van der Waals surface area contributed by atoms with Crippen molar-refractivity contribution in [3.8, 4) is 0 Å². The van der Waals surface area contributed by atoms with Crippen LogP contribution in [0, 0.1) is 12.7 Å². The van der Waals surface area contributed by atoms with E-state index in [2.05, 4.69) is 0 Å². The Hall–Kier alpha value is -1.01. The van der Waals surface area contributed by atoms with Crippen LogP contribution in [-0.4, -0.2) is 30.2 Å². The molecule has 0 aliphatic carbocycles. The van der Waals surface area contributed by atoms with E-state index in [1.807, 2.05) is 0 Å². The first kappa shape index (κ1) is 16.4. The average molecular weight is 317 g/mol. The number of sulfonamides is 1. The van der Waals surface area contributed by atoms with Gasteiger partial charge in [0.2, 0.25) is 10.0 Å². The molecule has 0 amide bonds. The highest BCUT2D eigenvalue weighted by Crippen LogP contribution is 2.39. The van der Waals surface area contributed by atoms with Crippen LogP contribution in [0.25, 0.3) is 0 Å². The maximum atomic E-state index is 13.8. The molecule has 1 aliphatic heterocycles. The number of benzene rings is 1. The molecule has 0 radical (unpaired) electrons. The summed E-state index contributed by atoms with van der Waals surface area (Å²) >= 11 is 0. The smallest absolute Gasteiger partial charge is 0.219 e. The van der Waals surface area contributed by atoms with Crippen LogP contribution in [0.15, 0.2) is 18.2 Å². The van der Waals surface area contributed by atoms with Crippen molar-refractivity contribution >= 4 is 10.0 Å². The lowest BCUT2D eigenvalue weighted by molar-refractivity contribution is 0.339. The molecule has 2 atom stereocenters. The molecule has 1 heterocycles. The third-order valence-electron chi connectivity index (χ3n) is 3.74. The third kappa shape index (κ3) is 3.11. The van der Waals surface area contributed by atoms with Crippen LogP contribution < -0.4 is 0 Å². The fourth-order valence-corrected chi connectivity index (χ4v) is 4.24. The zero-order valence-corrected chi connectivity index (χ0v) is 13.5. The number of aryl methyl sites for hydroxylation is 1. The molecular formula is C15H21F2NO2S. The molecule has 21 heavy (non-hydrogen) atoms. The van der Waals surface area contributed by atoms with E-state index in [1.54, 1.807) is 33.8 Å². The van der Waals surface area contributed by atoms with Gasteiger partial charge in [0.15, 0.2) is 0 Å². The van der Waals surface area contributed by atoms with E-state index in [9.17, 15) is 17.2 Å². The molecule has 118 valence electrons. The largest absolute Gasteiger partial charge is 0.246 e. The fourth-order valence-electron chi connectivity index (χ4n) is 2.63. The van der Waals surface area contributed by atoms with Gasteiger partial charge in [-0.1, -0.05) is 6.07 Å². The highest BCUT2D eigenvalue weighted by molar-refractivity contribution is 7.90. The quantitative estimate of drug-likeness (QED) is 0.839. The Bertz CT molecular complexity index is 617. The van der Waals surface area contributed by atoms with Gasteiger partial charge >= 0.3 is 0 Å². The Balaban J connectivity index is 2.47. The van der Waals surface area contributed by atoms with Gasteiger partial charge in [0.1, 0.15) is 12.0 Å². The predicted molar refractivity (Wildman–Crippen MR) is 78.8 cm³/mol. The maximum absolute atomic E-state index is 13.8. The first-order valence-electron chi connectivity index (χ1n) is 6.95. The zero-order valence-electron chi connectivity index (χ0n) is 12.7. The van der Waals surface area contributed by atoms with Gasteiger partial charge in [0.05, 0.1) is 10.8 Å². The van der Waals surface area contributed by atoms with Crippen molar-refractivity contribution in [3.63, 3.8) is 0 Å². The number of alkyl halides is 1. The molecule has 1 aromatic rings. The van der Waals surface area contributed by atoms with Crippen LogP contribution in [0.1, 0.15) is 44.4 Å². The van der Waals surface area contributed by atoms with Gasteiger partial charge in [0, 0.05) is 13.0 Å². The summed E-state index contributed by atoms with van der Waals surface area (Å²) in [5, 5.41) is 0. The summed E-state index contributed by atoms with van der Waals surface area (Å²) in [4.78, 5) is 0. The molecule has 6 heteroatoms. The van der Waals surface area contributed by atoms with Crippen molar-refractivity contribution in [2.24, 2.45) is 0 Å². The Morgan fingerprint density at radius 3 is 2.38 bits per heavy atom. The molecule has 0 saturated carbocycles. The van der Waals surface area contributed by atoms with Crippen molar-refractivity contribution in [2.45, 2.75) is 51.1 Å². The molecule has 2 rings (SSSR count). The third-order valence-corrected chi connectivity index (χ3v) is 6.31. The zero-order chi connectivity index (χ0) is 16.0. The lowest BCUT2D eigenvalue weighted by atomic mass is 10.0. The van der Waals surface area contributed by atoms with E-state index in [4.69, 9.17) is 0 Å². The van der Waals surface area contributed by atoms with Crippen molar-refractivity contribution in [2.75, 3.05) is 6.54 Å². The highest BCUT2D eigenvalue weighted by Gasteiger charge is 2.45.